The molecule has 2 aliphatic heterocycles. The second kappa shape index (κ2) is 4.31. The summed E-state index contributed by atoms with van der Waals surface area (Å²) >= 11 is 0. The summed E-state index contributed by atoms with van der Waals surface area (Å²) in [6.07, 6.45) is 2.50. The van der Waals surface area contributed by atoms with Crippen LogP contribution in [0.1, 0.15) is 37.0 Å². The lowest BCUT2D eigenvalue weighted by molar-refractivity contribution is 0.132. The monoisotopic (exact) mass is 271 g/mol. The molecule has 7 heteroatoms. The van der Waals surface area contributed by atoms with Crippen molar-refractivity contribution < 1.29 is 13.5 Å². The molecule has 2 aliphatic rings. The normalized spacial score (nSPS) is 30.3. The zero-order valence-corrected chi connectivity index (χ0v) is 10.9. The number of rotatable bonds is 2. The van der Waals surface area contributed by atoms with Crippen molar-refractivity contribution in [3.05, 3.63) is 11.6 Å². The third-order valence-corrected chi connectivity index (χ3v) is 5.65. The number of nitrogens with zero attached hydrogens (tertiary/aromatic N) is 3. The third kappa shape index (κ3) is 2.16. The molecule has 2 atom stereocenters. The zero-order chi connectivity index (χ0) is 12.8. The highest BCUT2D eigenvalue weighted by molar-refractivity contribution is 7.91. The Bertz CT molecular complexity index is 552. The number of sulfone groups is 1. The molecule has 0 aliphatic carbocycles. The van der Waals surface area contributed by atoms with E-state index in [-0.39, 0.29) is 11.7 Å². The van der Waals surface area contributed by atoms with E-state index in [1.807, 2.05) is 4.57 Å². The SMILES string of the molecule is O=S1(=O)CCC(Cc2nnc3n2CCCC3O)C1. The van der Waals surface area contributed by atoms with Crippen molar-refractivity contribution >= 4 is 9.84 Å². The van der Waals surface area contributed by atoms with E-state index in [0.29, 0.717) is 24.4 Å². The Morgan fingerprint density at radius 2 is 2.17 bits per heavy atom. The van der Waals surface area contributed by atoms with E-state index in [1.54, 1.807) is 0 Å². The Kier molecular flexibility index (Phi) is 2.90. The lowest BCUT2D eigenvalue weighted by atomic mass is 10.0. The minimum atomic E-state index is -2.84. The van der Waals surface area contributed by atoms with Gasteiger partial charge in [0.05, 0.1) is 11.5 Å². The van der Waals surface area contributed by atoms with Crippen LogP contribution in [0.15, 0.2) is 0 Å². The maximum atomic E-state index is 11.4. The molecular weight excluding hydrogens is 254 g/mol. The highest BCUT2D eigenvalue weighted by Crippen LogP contribution is 2.27. The molecule has 1 aromatic rings. The van der Waals surface area contributed by atoms with Crippen LogP contribution in [0.4, 0.5) is 0 Å². The van der Waals surface area contributed by atoms with E-state index in [1.165, 1.54) is 0 Å². The Balaban J connectivity index is 1.78. The zero-order valence-electron chi connectivity index (χ0n) is 10.1. The molecule has 0 amide bonds. The fourth-order valence-electron chi connectivity index (χ4n) is 2.85. The first kappa shape index (κ1) is 12.1. The molecule has 1 fully saturated rings. The molecule has 0 saturated carbocycles. The van der Waals surface area contributed by atoms with Gasteiger partial charge in [-0.05, 0) is 25.2 Å². The second-order valence-corrected chi connectivity index (χ2v) is 7.49. The van der Waals surface area contributed by atoms with Crippen molar-refractivity contribution in [3.63, 3.8) is 0 Å². The van der Waals surface area contributed by atoms with Gasteiger partial charge in [0.25, 0.3) is 0 Å². The van der Waals surface area contributed by atoms with Crippen molar-refractivity contribution in [3.8, 4) is 0 Å². The Morgan fingerprint density at radius 1 is 1.33 bits per heavy atom. The van der Waals surface area contributed by atoms with Crippen LogP contribution in [-0.2, 0) is 22.8 Å². The quantitative estimate of drug-likeness (QED) is 0.823. The molecule has 3 heterocycles. The van der Waals surface area contributed by atoms with Crippen LogP contribution in [-0.4, -0.2) is 39.8 Å². The summed E-state index contributed by atoms with van der Waals surface area (Å²) in [4.78, 5) is 0. The summed E-state index contributed by atoms with van der Waals surface area (Å²) in [7, 11) is -2.84. The molecule has 0 aromatic carbocycles. The maximum Gasteiger partial charge on any atom is 0.161 e. The van der Waals surface area contributed by atoms with E-state index >= 15 is 0 Å². The fraction of sp³-hybridized carbons (Fsp3) is 0.818. The van der Waals surface area contributed by atoms with E-state index in [2.05, 4.69) is 10.2 Å². The molecular formula is C11H17N3O3S. The van der Waals surface area contributed by atoms with E-state index in [9.17, 15) is 13.5 Å². The molecule has 0 radical (unpaired) electrons. The predicted molar refractivity (Wildman–Crippen MR) is 64.7 cm³/mol. The van der Waals surface area contributed by atoms with Gasteiger partial charge in [-0.25, -0.2) is 8.42 Å². The summed E-state index contributed by atoms with van der Waals surface area (Å²) in [6, 6.07) is 0. The molecule has 3 rings (SSSR count). The number of hydrogen-bond acceptors (Lipinski definition) is 5. The van der Waals surface area contributed by atoms with Crippen LogP contribution in [0, 0.1) is 5.92 Å². The van der Waals surface area contributed by atoms with Gasteiger partial charge in [0.1, 0.15) is 11.9 Å². The van der Waals surface area contributed by atoms with Crippen molar-refractivity contribution in [2.45, 2.75) is 38.3 Å². The van der Waals surface area contributed by atoms with Crippen molar-refractivity contribution in [2.24, 2.45) is 5.92 Å². The molecule has 2 unspecified atom stereocenters. The minimum absolute atomic E-state index is 0.155. The molecule has 18 heavy (non-hydrogen) atoms. The summed E-state index contributed by atoms with van der Waals surface area (Å²) in [6.45, 7) is 0.828. The van der Waals surface area contributed by atoms with Crippen molar-refractivity contribution in [1.82, 2.24) is 14.8 Å². The molecule has 0 spiro atoms. The van der Waals surface area contributed by atoms with Crippen LogP contribution in [0.25, 0.3) is 0 Å². The number of fused-ring (bicyclic) bond motifs is 1. The molecule has 1 saturated heterocycles. The van der Waals surface area contributed by atoms with Gasteiger partial charge in [-0.3, -0.25) is 0 Å². The lowest BCUT2D eigenvalue weighted by Crippen LogP contribution is -2.19. The van der Waals surface area contributed by atoms with Crippen LogP contribution >= 0.6 is 0 Å². The molecule has 1 aromatic heterocycles. The van der Waals surface area contributed by atoms with Gasteiger partial charge >= 0.3 is 0 Å². The Labute approximate surface area is 106 Å². The number of aliphatic hydroxyl groups is 1. The van der Waals surface area contributed by atoms with E-state index in [0.717, 1.165) is 25.2 Å². The van der Waals surface area contributed by atoms with Gasteiger partial charge in [0, 0.05) is 13.0 Å². The average molecular weight is 271 g/mol. The first-order chi connectivity index (χ1) is 8.55. The summed E-state index contributed by atoms with van der Waals surface area (Å²) < 4.78 is 24.8. The molecule has 1 N–H and O–H groups in total. The maximum absolute atomic E-state index is 11.4. The lowest BCUT2D eigenvalue weighted by Gasteiger charge is -2.20. The van der Waals surface area contributed by atoms with Gasteiger partial charge in [0.15, 0.2) is 15.7 Å². The number of hydrogen-bond donors (Lipinski definition) is 1. The van der Waals surface area contributed by atoms with Gasteiger partial charge in [-0.2, -0.15) is 0 Å². The van der Waals surface area contributed by atoms with Crippen molar-refractivity contribution in [1.29, 1.82) is 0 Å². The Hall–Kier alpha value is -0.950. The largest absolute Gasteiger partial charge is 0.385 e. The first-order valence-corrected chi connectivity index (χ1v) is 8.18. The summed E-state index contributed by atoms with van der Waals surface area (Å²) in [5.74, 6) is 2.17. The van der Waals surface area contributed by atoms with Crippen molar-refractivity contribution in [2.75, 3.05) is 11.5 Å². The van der Waals surface area contributed by atoms with Gasteiger partial charge in [-0.1, -0.05) is 0 Å². The van der Waals surface area contributed by atoms with Gasteiger partial charge in [0.2, 0.25) is 0 Å². The fourth-order valence-corrected chi connectivity index (χ4v) is 4.72. The second-order valence-electron chi connectivity index (χ2n) is 5.26. The highest BCUT2D eigenvalue weighted by atomic mass is 32.2. The molecule has 6 nitrogen and oxygen atoms in total. The van der Waals surface area contributed by atoms with Crippen LogP contribution in [0.3, 0.4) is 0 Å². The topological polar surface area (TPSA) is 85.1 Å². The van der Waals surface area contributed by atoms with Crippen LogP contribution in [0.2, 0.25) is 0 Å². The summed E-state index contributed by atoms with van der Waals surface area (Å²) in [5, 5.41) is 17.9. The van der Waals surface area contributed by atoms with Gasteiger partial charge < -0.3 is 9.67 Å². The minimum Gasteiger partial charge on any atom is -0.385 e. The third-order valence-electron chi connectivity index (χ3n) is 3.81. The number of aromatic nitrogens is 3. The van der Waals surface area contributed by atoms with Gasteiger partial charge in [-0.15, -0.1) is 10.2 Å². The molecule has 0 bridgehead atoms. The Morgan fingerprint density at radius 3 is 2.89 bits per heavy atom. The standard InChI is InChI=1S/C11H17N3O3S/c15-9-2-1-4-14-10(12-13-11(9)14)6-8-3-5-18(16,17)7-8/h8-9,15H,1-7H2. The first-order valence-electron chi connectivity index (χ1n) is 6.35. The smallest absolute Gasteiger partial charge is 0.161 e. The number of aliphatic hydroxyl groups excluding tert-OH is 1. The molecule has 100 valence electrons. The van der Waals surface area contributed by atoms with E-state index in [4.69, 9.17) is 0 Å². The summed E-state index contributed by atoms with van der Waals surface area (Å²) in [5.41, 5.74) is 0. The predicted octanol–water partition coefficient (Wildman–Crippen LogP) is 0.0825. The highest BCUT2D eigenvalue weighted by Gasteiger charge is 2.30. The van der Waals surface area contributed by atoms with Crippen LogP contribution < -0.4 is 0 Å². The van der Waals surface area contributed by atoms with Crippen LogP contribution in [0.5, 0.6) is 0 Å². The average Bonchev–Trinajstić information content (AvgIpc) is 2.85. The van der Waals surface area contributed by atoms with E-state index < -0.39 is 15.9 Å².